The molecule has 2 heterocycles. The standard InChI is InChI=1S/C13H20N4O2/c1-14-10-6-5-9-3-2-4-11(9)17(13(10)18)7-12-16-15-8-19-12/h8-11,14H,2-7H2,1H3. The van der Waals surface area contributed by atoms with Crippen molar-refractivity contribution in [3.8, 4) is 0 Å². The van der Waals surface area contributed by atoms with Crippen molar-refractivity contribution in [3.63, 3.8) is 0 Å². The first kappa shape index (κ1) is 12.6. The molecule has 0 spiro atoms. The number of carbonyl (C=O) groups excluding carboxylic acids is 1. The zero-order chi connectivity index (χ0) is 13.2. The lowest BCUT2D eigenvalue weighted by molar-refractivity contribution is -0.136. The summed E-state index contributed by atoms with van der Waals surface area (Å²) in [5.41, 5.74) is 0. The van der Waals surface area contributed by atoms with Gasteiger partial charge in [-0.3, -0.25) is 4.79 Å². The fourth-order valence-electron chi connectivity index (χ4n) is 3.51. The van der Waals surface area contributed by atoms with Crippen LogP contribution >= 0.6 is 0 Å². The lowest BCUT2D eigenvalue weighted by atomic mass is 9.97. The number of amides is 1. The maximum Gasteiger partial charge on any atom is 0.240 e. The summed E-state index contributed by atoms with van der Waals surface area (Å²) in [6, 6.07) is 0.270. The van der Waals surface area contributed by atoms with Crippen LogP contribution in [0.25, 0.3) is 0 Å². The molecule has 1 aromatic rings. The Morgan fingerprint density at radius 2 is 2.32 bits per heavy atom. The lowest BCUT2D eigenvalue weighted by Gasteiger charge is -2.30. The monoisotopic (exact) mass is 264 g/mol. The first-order valence-corrected chi connectivity index (χ1v) is 7.02. The minimum absolute atomic E-state index is 0.0754. The van der Waals surface area contributed by atoms with Gasteiger partial charge in [-0.2, -0.15) is 0 Å². The van der Waals surface area contributed by atoms with Gasteiger partial charge in [-0.05, 0) is 38.6 Å². The molecular weight excluding hydrogens is 244 g/mol. The third kappa shape index (κ3) is 2.36. The quantitative estimate of drug-likeness (QED) is 0.880. The van der Waals surface area contributed by atoms with Crippen LogP contribution in [0.4, 0.5) is 0 Å². The molecule has 2 fully saturated rings. The van der Waals surface area contributed by atoms with E-state index >= 15 is 0 Å². The van der Waals surface area contributed by atoms with E-state index in [1.54, 1.807) is 0 Å². The Hall–Kier alpha value is -1.43. The van der Waals surface area contributed by atoms with Crippen LogP contribution in [0.2, 0.25) is 0 Å². The van der Waals surface area contributed by atoms with Gasteiger partial charge in [0, 0.05) is 6.04 Å². The first-order chi connectivity index (χ1) is 9.29. The first-order valence-electron chi connectivity index (χ1n) is 7.02. The summed E-state index contributed by atoms with van der Waals surface area (Å²) in [6.45, 7) is 0.443. The summed E-state index contributed by atoms with van der Waals surface area (Å²) in [4.78, 5) is 14.6. The van der Waals surface area contributed by atoms with Gasteiger partial charge in [-0.1, -0.05) is 6.42 Å². The van der Waals surface area contributed by atoms with Gasteiger partial charge in [0.15, 0.2) is 0 Å². The van der Waals surface area contributed by atoms with Gasteiger partial charge >= 0.3 is 0 Å². The SMILES string of the molecule is CNC1CCC2CCCC2N(Cc2nnco2)C1=O. The number of hydrogen-bond donors (Lipinski definition) is 1. The molecule has 3 unspecified atom stereocenters. The molecule has 19 heavy (non-hydrogen) atoms. The summed E-state index contributed by atoms with van der Waals surface area (Å²) in [7, 11) is 1.86. The third-order valence-corrected chi connectivity index (χ3v) is 4.49. The predicted octanol–water partition coefficient (Wildman–Crippen LogP) is 0.949. The Balaban J connectivity index is 1.84. The number of hydrogen-bond acceptors (Lipinski definition) is 5. The van der Waals surface area contributed by atoms with Crippen LogP contribution < -0.4 is 5.32 Å². The molecule has 1 saturated carbocycles. The van der Waals surface area contributed by atoms with Crippen molar-refractivity contribution in [1.82, 2.24) is 20.4 Å². The maximum atomic E-state index is 12.6. The second kappa shape index (κ2) is 5.28. The maximum absolute atomic E-state index is 12.6. The molecule has 1 saturated heterocycles. The van der Waals surface area contributed by atoms with E-state index < -0.39 is 0 Å². The van der Waals surface area contributed by atoms with E-state index in [0.717, 1.165) is 19.3 Å². The molecule has 1 amide bonds. The highest BCUT2D eigenvalue weighted by Crippen LogP contribution is 2.37. The highest BCUT2D eigenvalue weighted by molar-refractivity contribution is 5.82. The Morgan fingerprint density at radius 3 is 3.05 bits per heavy atom. The number of carbonyl (C=O) groups is 1. The smallest absolute Gasteiger partial charge is 0.240 e. The zero-order valence-corrected chi connectivity index (χ0v) is 11.2. The molecule has 6 nitrogen and oxygen atoms in total. The van der Waals surface area contributed by atoms with Crippen molar-refractivity contribution in [3.05, 3.63) is 12.3 Å². The van der Waals surface area contributed by atoms with Crippen LogP contribution in [0.1, 0.15) is 38.0 Å². The highest BCUT2D eigenvalue weighted by Gasteiger charge is 2.40. The average Bonchev–Trinajstić information content (AvgIpc) is 3.05. The van der Waals surface area contributed by atoms with Crippen molar-refractivity contribution in [1.29, 1.82) is 0 Å². The largest absolute Gasteiger partial charge is 0.426 e. The predicted molar refractivity (Wildman–Crippen MR) is 68.1 cm³/mol. The van der Waals surface area contributed by atoms with E-state index in [2.05, 4.69) is 15.5 Å². The minimum Gasteiger partial charge on any atom is -0.426 e. The zero-order valence-electron chi connectivity index (χ0n) is 11.2. The second-order valence-corrected chi connectivity index (χ2v) is 5.48. The molecule has 0 radical (unpaired) electrons. The van der Waals surface area contributed by atoms with Crippen LogP contribution in [-0.2, 0) is 11.3 Å². The van der Waals surface area contributed by atoms with E-state index in [4.69, 9.17) is 4.42 Å². The van der Waals surface area contributed by atoms with Crippen molar-refractivity contribution in [2.75, 3.05) is 7.05 Å². The van der Waals surface area contributed by atoms with Crippen molar-refractivity contribution < 1.29 is 9.21 Å². The molecule has 6 heteroatoms. The molecule has 1 aromatic heterocycles. The molecule has 0 aromatic carbocycles. The van der Waals surface area contributed by atoms with Gasteiger partial charge in [0.25, 0.3) is 0 Å². The van der Waals surface area contributed by atoms with Gasteiger partial charge in [0.2, 0.25) is 18.2 Å². The Kier molecular flexibility index (Phi) is 3.50. The molecule has 0 bridgehead atoms. The van der Waals surface area contributed by atoms with Gasteiger partial charge < -0.3 is 14.6 Å². The number of fused-ring (bicyclic) bond motifs is 1. The second-order valence-electron chi connectivity index (χ2n) is 5.48. The van der Waals surface area contributed by atoms with Crippen LogP contribution in [0.15, 0.2) is 10.8 Å². The van der Waals surface area contributed by atoms with E-state index in [9.17, 15) is 4.79 Å². The van der Waals surface area contributed by atoms with Crippen LogP contribution in [0.5, 0.6) is 0 Å². The number of nitrogens with one attached hydrogen (secondary N) is 1. The Labute approximate surface area is 112 Å². The van der Waals surface area contributed by atoms with Gasteiger partial charge in [0.05, 0.1) is 12.6 Å². The minimum atomic E-state index is -0.0754. The van der Waals surface area contributed by atoms with Crippen LogP contribution in [0.3, 0.4) is 0 Å². The highest BCUT2D eigenvalue weighted by atomic mass is 16.4. The summed E-state index contributed by atoms with van der Waals surface area (Å²) in [5, 5.41) is 10.7. The van der Waals surface area contributed by atoms with Crippen molar-refractivity contribution >= 4 is 5.91 Å². The fourth-order valence-corrected chi connectivity index (χ4v) is 3.51. The molecular formula is C13H20N4O2. The Morgan fingerprint density at radius 1 is 1.42 bits per heavy atom. The normalized spacial score (nSPS) is 31.3. The third-order valence-electron chi connectivity index (χ3n) is 4.49. The lowest BCUT2D eigenvalue weighted by Crippen LogP contribution is -2.47. The molecule has 3 atom stereocenters. The number of nitrogens with zero attached hydrogens (tertiary/aromatic N) is 3. The van der Waals surface area contributed by atoms with E-state index in [1.807, 2.05) is 11.9 Å². The van der Waals surface area contributed by atoms with E-state index in [-0.39, 0.29) is 11.9 Å². The van der Waals surface area contributed by atoms with Crippen LogP contribution in [0, 0.1) is 5.92 Å². The molecule has 2 aliphatic rings. The number of rotatable bonds is 3. The molecule has 1 aliphatic heterocycles. The summed E-state index contributed by atoms with van der Waals surface area (Å²) < 4.78 is 5.21. The van der Waals surface area contributed by atoms with E-state index in [1.165, 1.54) is 19.2 Å². The molecule has 1 aliphatic carbocycles. The topological polar surface area (TPSA) is 71.3 Å². The summed E-state index contributed by atoms with van der Waals surface area (Å²) in [6.07, 6.45) is 6.92. The van der Waals surface area contributed by atoms with E-state index in [0.29, 0.717) is 24.4 Å². The Bertz CT molecular complexity index is 434. The molecule has 3 rings (SSSR count). The van der Waals surface area contributed by atoms with Gasteiger partial charge in [-0.15, -0.1) is 10.2 Å². The summed E-state index contributed by atoms with van der Waals surface area (Å²) in [5.74, 6) is 1.33. The number of likely N-dealkylation sites (tertiary alicyclic amines) is 1. The molecule has 104 valence electrons. The molecule has 1 N–H and O–H groups in total. The average molecular weight is 264 g/mol. The van der Waals surface area contributed by atoms with Gasteiger partial charge in [0.1, 0.15) is 0 Å². The summed E-state index contributed by atoms with van der Waals surface area (Å²) >= 11 is 0. The van der Waals surface area contributed by atoms with Crippen molar-refractivity contribution in [2.24, 2.45) is 5.92 Å². The van der Waals surface area contributed by atoms with Crippen molar-refractivity contribution in [2.45, 2.75) is 50.7 Å². The van der Waals surface area contributed by atoms with Crippen LogP contribution in [-0.4, -0.2) is 40.1 Å². The number of likely N-dealkylation sites (N-methyl/N-ethyl adjacent to an activating group) is 1. The fraction of sp³-hybridized carbons (Fsp3) is 0.769. The number of aromatic nitrogens is 2. The van der Waals surface area contributed by atoms with Gasteiger partial charge in [-0.25, -0.2) is 0 Å².